The van der Waals surface area contributed by atoms with Crippen LogP contribution in [0.1, 0.15) is 15.9 Å². The van der Waals surface area contributed by atoms with E-state index >= 15 is 0 Å². The SMILES string of the molecule is COc1ccccc1C(=O)/C=C/c1ccc(-c2ccccc2)cc1. The molecule has 0 N–H and O–H groups in total. The summed E-state index contributed by atoms with van der Waals surface area (Å²) in [6.07, 6.45) is 3.40. The average Bonchev–Trinajstić information content (AvgIpc) is 2.67. The van der Waals surface area contributed by atoms with Crippen LogP contribution in [-0.4, -0.2) is 12.9 Å². The number of carbonyl (C=O) groups is 1. The molecule has 0 saturated carbocycles. The summed E-state index contributed by atoms with van der Waals surface area (Å²) in [4.78, 5) is 12.3. The van der Waals surface area contributed by atoms with Gasteiger partial charge in [0.1, 0.15) is 5.75 Å². The van der Waals surface area contributed by atoms with Gasteiger partial charge in [0.15, 0.2) is 5.78 Å². The third kappa shape index (κ3) is 3.61. The zero-order valence-electron chi connectivity index (χ0n) is 13.5. The highest BCUT2D eigenvalue weighted by Gasteiger charge is 2.07. The Hall–Kier alpha value is -3.13. The number of benzene rings is 3. The molecule has 0 aliphatic carbocycles. The average molecular weight is 314 g/mol. The minimum absolute atomic E-state index is 0.0698. The highest BCUT2D eigenvalue weighted by molar-refractivity contribution is 6.08. The highest BCUT2D eigenvalue weighted by Crippen LogP contribution is 2.21. The van der Waals surface area contributed by atoms with E-state index in [0.29, 0.717) is 11.3 Å². The van der Waals surface area contributed by atoms with Crippen LogP contribution in [0.5, 0.6) is 5.75 Å². The van der Waals surface area contributed by atoms with Gasteiger partial charge < -0.3 is 4.74 Å². The van der Waals surface area contributed by atoms with E-state index in [2.05, 4.69) is 24.3 Å². The Bertz CT molecular complexity index is 847. The number of allylic oxidation sites excluding steroid dienone is 1. The predicted molar refractivity (Wildman–Crippen MR) is 98.2 cm³/mol. The number of rotatable bonds is 5. The van der Waals surface area contributed by atoms with Crippen molar-refractivity contribution in [3.8, 4) is 16.9 Å². The van der Waals surface area contributed by atoms with Gasteiger partial charge in [-0.25, -0.2) is 0 Å². The van der Waals surface area contributed by atoms with Crippen LogP contribution in [0.2, 0.25) is 0 Å². The van der Waals surface area contributed by atoms with Crippen molar-refractivity contribution in [2.24, 2.45) is 0 Å². The standard InChI is InChI=1S/C22H18O2/c1-24-22-10-6-5-9-20(22)21(23)16-13-17-11-14-19(15-12-17)18-7-3-2-4-8-18/h2-16H,1H3/b16-13+. The first-order valence-corrected chi connectivity index (χ1v) is 7.79. The van der Waals surface area contributed by atoms with E-state index in [1.807, 2.05) is 48.5 Å². The zero-order valence-corrected chi connectivity index (χ0v) is 13.5. The molecule has 0 spiro atoms. The Morgan fingerprint density at radius 3 is 2.12 bits per heavy atom. The molecule has 0 aromatic heterocycles. The largest absolute Gasteiger partial charge is 0.496 e. The summed E-state index contributed by atoms with van der Waals surface area (Å²) in [5.41, 5.74) is 3.89. The van der Waals surface area contributed by atoms with Crippen molar-refractivity contribution in [2.45, 2.75) is 0 Å². The van der Waals surface area contributed by atoms with Gasteiger partial charge in [-0.05, 0) is 34.9 Å². The minimum Gasteiger partial charge on any atom is -0.496 e. The highest BCUT2D eigenvalue weighted by atomic mass is 16.5. The maximum Gasteiger partial charge on any atom is 0.189 e. The number of hydrogen-bond donors (Lipinski definition) is 0. The van der Waals surface area contributed by atoms with Gasteiger partial charge in [-0.2, -0.15) is 0 Å². The third-order valence-corrected chi connectivity index (χ3v) is 3.82. The van der Waals surface area contributed by atoms with Gasteiger partial charge in [-0.3, -0.25) is 4.79 Å². The van der Waals surface area contributed by atoms with Crippen molar-refractivity contribution >= 4 is 11.9 Å². The summed E-state index contributed by atoms with van der Waals surface area (Å²) in [6, 6.07) is 25.6. The van der Waals surface area contributed by atoms with Gasteiger partial charge in [0, 0.05) is 0 Å². The molecule has 0 aliphatic heterocycles. The number of methoxy groups -OCH3 is 1. The maximum atomic E-state index is 12.3. The van der Waals surface area contributed by atoms with Gasteiger partial charge in [0.2, 0.25) is 0 Å². The van der Waals surface area contributed by atoms with Crippen LogP contribution in [-0.2, 0) is 0 Å². The van der Waals surface area contributed by atoms with E-state index in [9.17, 15) is 4.79 Å². The first-order chi connectivity index (χ1) is 11.8. The molecule has 0 fully saturated rings. The van der Waals surface area contributed by atoms with Gasteiger partial charge in [-0.1, -0.05) is 72.8 Å². The molecule has 3 aromatic rings. The fourth-order valence-corrected chi connectivity index (χ4v) is 2.53. The van der Waals surface area contributed by atoms with Crippen LogP contribution in [0.25, 0.3) is 17.2 Å². The molecule has 0 radical (unpaired) electrons. The normalized spacial score (nSPS) is 10.7. The lowest BCUT2D eigenvalue weighted by atomic mass is 10.0. The fourth-order valence-electron chi connectivity index (χ4n) is 2.53. The van der Waals surface area contributed by atoms with Crippen molar-refractivity contribution in [1.82, 2.24) is 0 Å². The molecule has 3 rings (SSSR count). The molecule has 0 atom stereocenters. The quantitative estimate of drug-likeness (QED) is 0.474. The van der Waals surface area contributed by atoms with Crippen LogP contribution in [0.15, 0.2) is 84.9 Å². The van der Waals surface area contributed by atoms with E-state index in [1.165, 1.54) is 5.56 Å². The van der Waals surface area contributed by atoms with Crippen molar-refractivity contribution in [3.05, 3.63) is 96.1 Å². The Labute approximate surface area is 142 Å². The van der Waals surface area contributed by atoms with Crippen LogP contribution >= 0.6 is 0 Å². The zero-order chi connectivity index (χ0) is 16.8. The molecular weight excluding hydrogens is 296 g/mol. The number of hydrogen-bond acceptors (Lipinski definition) is 2. The molecular formula is C22H18O2. The summed E-state index contributed by atoms with van der Waals surface area (Å²) in [7, 11) is 1.57. The number of ketones is 1. The van der Waals surface area contributed by atoms with E-state index in [4.69, 9.17) is 4.74 Å². The van der Waals surface area contributed by atoms with Crippen molar-refractivity contribution < 1.29 is 9.53 Å². The van der Waals surface area contributed by atoms with Crippen LogP contribution < -0.4 is 4.74 Å². The molecule has 0 amide bonds. The summed E-state index contributed by atoms with van der Waals surface area (Å²) in [6.45, 7) is 0. The summed E-state index contributed by atoms with van der Waals surface area (Å²) in [5, 5.41) is 0. The second kappa shape index (κ2) is 7.42. The van der Waals surface area contributed by atoms with E-state index < -0.39 is 0 Å². The first-order valence-electron chi connectivity index (χ1n) is 7.79. The molecule has 0 heterocycles. The Morgan fingerprint density at radius 1 is 0.792 bits per heavy atom. The molecule has 3 aromatic carbocycles. The van der Waals surface area contributed by atoms with Crippen LogP contribution in [0.4, 0.5) is 0 Å². The van der Waals surface area contributed by atoms with Crippen molar-refractivity contribution in [1.29, 1.82) is 0 Å². The molecule has 0 bridgehead atoms. The van der Waals surface area contributed by atoms with Crippen molar-refractivity contribution in [2.75, 3.05) is 7.11 Å². The smallest absolute Gasteiger partial charge is 0.189 e. The van der Waals surface area contributed by atoms with E-state index in [-0.39, 0.29) is 5.78 Å². The van der Waals surface area contributed by atoms with Crippen LogP contribution in [0.3, 0.4) is 0 Å². The van der Waals surface area contributed by atoms with Crippen LogP contribution in [0, 0.1) is 0 Å². The number of carbonyl (C=O) groups excluding carboxylic acids is 1. The molecule has 0 saturated heterocycles. The molecule has 0 aliphatic rings. The molecule has 24 heavy (non-hydrogen) atoms. The fraction of sp³-hybridized carbons (Fsp3) is 0.0455. The lowest BCUT2D eigenvalue weighted by Crippen LogP contribution is -1.98. The number of para-hydroxylation sites is 1. The maximum absolute atomic E-state index is 12.3. The number of ether oxygens (including phenoxy) is 1. The monoisotopic (exact) mass is 314 g/mol. The van der Waals surface area contributed by atoms with Gasteiger partial charge >= 0.3 is 0 Å². The Morgan fingerprint density at radius 2 is 1.42 bits per heavy atom. The summed E-state index contributed by atoms with van der Waals surface area (Å²) < 4.78 is 5.23. The lowest BCUT2D eigenvalue weighted by molar-refractivity contribution is 0.104. The van der Waals surface area contributed by atoms with Crippen molar-refractivity contribution in [3.63, 3.8) is 0 Å². The minimum atomic E-state index is -0.0698. The lowest BCUT2D eigenvalue weighted by Gasteiger charge is -2.04. The Kier molecular flexibility index (Phi) is 4.87. The second-order valence-corrected chi connectivity index (χ2v) is 5.39. The summed E-state index contributed by atoms with van der Waals surface area (Å²) >= 11 is 0. The van der Waals surface area contributed by atoms with Gasteiger partial charge in [-0.15, -0.1) is 0 Å². The second-order valence-electron chi connectivity index (χ2n) is 5.39. The van der Waals surface area contributed by atoms with E-state index in [0.717, 1.165) is 11.1 Å². The van der Waals surface area contributed by atoms with Gasteiger partial charge in [0.25, 0.3) is 0 Å². The topological polar surface area (TPSA) is 26.3 Å². The third-order valence-electron chi connectivity index (χ3n) is 3.82. The molecule has 0 unspecified atom stereocenters. The molecule has 118 valence electrons. The molecule has 2 nitrogen and oxygen atoms in total. The first kappa shape index (κ1) is 15.8. The predicted octanol–water partition coefficient (Wildman–Crippen LogP) is 5.26. The summed E-state index contributed by atoms with van der Waals surface area (Å²) in [5.74, 6) is 0.520. The molecule has 2 heteroatoms. The van der Waals surface area contributed by atoms with Gasteiger partial charge in [0.05, 0.1) is 12.7 Å². The Balaban J connectivity index is 1.76. The van der Waals surface area contributed by atoms with E-state index in [1.54, 1.807) is 25.3 Å².